The summed E-state index contributed by atoms with van der Waals surface area (Å²) >= 11 is 0. The molecule has 0 amide bonds. The van der Waals surface area contributed by atoms with Gasteiger partial charge in [0.25, 0.3) is 0 Å². The molecule has 3 unspecified atom stereocenters. The van der Waals surface area contributed by atoms with Gasteiger partial charge in [0.05, 0.1) is 5.54 Å². The summed E-state index contributed by atoms with van der Waals surface area (Å²) in [5.41, 5.74) is 1.59. The van der Waals surface area contributed by atoms with Crippen molar-refractivity contribution in [3.05, 3.63) is 35.9 Å². The Morgan fingerprint density at radius 3 is 2.62 bits per heavy atom. The minimum absolute atomic E-state index is 0.135. The fourth-order valence-electron chi connectivity index (χ4n) is 3.62. The molecule has 1 saturated heterocycles. The lowest BCUT2D eigenvalue weighted by Crippen LogP contribution is -2.62. The van der Waals surface area contributed by atoms with Crippen molar-refractivity contribution in [3.8, 4) is 0 Å². The standard InChI is InChI=1S/C19H30N2/c1-4-15(2)12-21-13-18(16-10-11-16)20-14-19(21,3)17-8-6-5-7-9-17/h5-9,15-16,18,20H,4,10-14H2,1-3H3. The maximum Gasteiger partial charge on any atom is 0.0558 e. The molecule has 116 valence electrons. The van der Waals surface area contributed by atoms with E-state index in [9.17, 15) is 0 Å². The first kappa shape index (κ1) is 15.1. The van der Waals surface area contributed by atoms with Gasteiger partial charge in [-0.3, -0.25) is 4.90 Å². The molecule has 2 heteroatoms. The quantitative estimate of drug-likeness (QED) is 0.889. The van der Waals surface area contributed by atoms with Crippen LogP contribution in [0.25, 0.3) is 0 Å². The van der Waals surface area contributed by atoms with Crippen LogP contribution in [0.1, 0.15) is 45.6 Å². The zero-order valence-electron chi connectivity index (χ0n) is 13.8. The van der Waals surface area contributed by atoms with E-state index in [1.807, 2.05) is 0 Å². The van der Waals surface area contributed by atoms with Crippen LogP contribution in [0.15, 0.2) is 30.3 Å². The van der Waals surface area contributed by atoms with Crippen molar-refractivity contribution in [3.63, 3.8) is 0 Å². The summed E-state index contributed by atoms with van der Waals surface area (Å²) in [6, 6.07) is 11.8. The maximum absolute atomic E-state index is 3.85. The topological polar surface area (TPSA) is 15.3 Å². The summed E-state index contributed by atoms with van der Waals surface area (Å²) in [7, 11) is 0. The number of nitrogens with one attached hydrogen (secondary N) is 1. The average molecular weight is 286 g/mol. The predicted molar refractivity (Wildman–Crippen MR) is 89.3 cm³/mol. The van der Waals surface area contributed by atoms with E-state index in [0.717, 1.165) is 18.4 Å². The normalized spacial score (nSPS) is 32.0. The van der Waals surface area contributed by atoms with Crippen molar-refractivity contribution in [1.82, 2.24) is 10.2 Å². The molecule has 0 aromatic heterocycles. The van der Waals surface area contributed by atoms with Gasteiger partial charge >= 0.3 is 0 Å². The molecule has 1 aromatic rings. The van der Waals surface area contributed by atoms with Gasteiger partial charge in [-0.1, -0.05) is 50.6 Å². The van der Waals surface area contributed by atoms with Gasteiger partial charge in [0.15, 0.2) is 0 Å². The molecule has 2 aliphatic rings. The van der Waals surface area contributed by atoms with Crippen molar-refractivity contribution in [2.75, 3.05) is 19.6 Å². The fourth-order valence-corrected chi connectivity index (χ4v) is 3.62. The molecule has 3 atom stereocenters. The summed E-state index contributed by atoms with van der Waals surface area (Å²) in [6.07, 6.45) is 4.12. The monoisotopic (exact) mass is 286 g/mol. The molecule has 1 saturated carbocycles. The lowest BCUT2D eigenvalue weighted by atomic mass is 9.85. The zero-order chi connectivity index (χ0) is 14.9. The van der Waals surface area contributed by atoms with Crippen LogP contribution in [-0.2, 0) is 5.54 Å². The van der Waals surface area contributed by atoms with Crippen molar-refractivity contribution in [1.29, 1.82) is 0 Å². The number of hydrogen-bond acceptors (Lipinski definition) is 2. The second-order valence-electron chi connectivity index (χ2n) is 7.38. The third-order valence-electron chi connectivity index (χ3n) is 5.64. The van der Waals surface area contributed by atoms with Crippen LogP contribution in [0.2, 0.25) is 0 Å². The minimum Gasteiger partial charge on any atom is -0.310 e. The molecule has 1 aliphatic heterocycles. The van der Waals surface area contributed by atoms with Crippen LogP contribution in [-0.4, -0.2) is 30.6 Å². The van der Waals surface area contributed by atoms with Gasteiger partial charge < -0.3 is 5.32 Å². The number of hydrogen-bond donors (Lipinski definition) is 1. The highest BCUT2D eigenvalue weighted by atomic mass is 15.3. The fraction of sp³-hybridized carbons (Fsp3) is 0.684. The highest BCUT2D eigenvalue weighted by Crippen LogP contribution is 2.38. The highest BCUT2D eigenvalue weighted by molar-refractivity contribution is 5.25. The lowest BCUT2D eigenvalue weighted by Gasteiger charge is -2.49. The van der Waals surface area contributed by atoms with Crippen LogP contribution in [0.5, 0.6) is 0 Å². The Balaban J connectivity index is 1.82. The maximum atomic E-state index is 3.85. The van der Waals surface area contributed by atoms with Crippen LogP contribution in [0.3, 0.4) is 0 Å². The molecule has 2 nitrogen and oxygen atoms in total. The van der Waals surface area contributed by atoms with Crippen LogP contribution in [0.4, 0.5) is 0 Å². The van der Waals surface area contributed by atoms with Gasteiger partial charge in [0.1, 0.15) is 0 Å². The van der Waals surface area contributed by atoms with Crippen molar-refractivity contribution in [2.24, 2.45) is 11.8 Å². The molecule has 0 bridgehead atoms. The lowest BCUT2D eigenvalue weighted by molar-refractivity contribution is 0.0320. The van der Waals surface area contributed by atoms with E-state index >= 15 is 0 Å². The molecule has 21 heavy (non-hydrogen) atoms. The van der Waals surface area contributed by atoms with Crippen LogP contribution in [0, 0.1) is 11.8 Å². The second-order valence-corrected chi connectivity index (χ2v) is 7.38. The summed E-state index contributed by atoms with van der Waals surface area (Å²) in [4.78, 5) is 2.76. The van der Waals surface area contributed by atoms with Crippen molar-refractivity contribution >= 4 is 0 Å². The molecule has 0 spiro atoms. The van der Waals surface area contributed by atoms with Crippen LogP contribution < -0.4 is 5.32 Å². The molecule has 1 heterocycles. The summed E-state index contributed by atoms with van der Waals surface area (Å²) in [5, 5.41) is 3.85. The van der Waals surface area contributed by atoms with Gasteiger partial charge in [-0.15, -0.1) is 0 Å². The Labute approximate surface area is 129 Å². The Kier molecular flexibility index (Phi) is 4.37. The Hall–Kier alpha value is -0.860. The summed E-state index contributed by atoms with van der Waals surface area (Å²) in [6.45, 7) is 10.6. The first-order chi connectivity index (χ1) is 10.1. The van der Waals surface area contributed by atoms with Crippen molar-refractivity contribution in [2.45, 2.75) is 51.6 Å². The van der Waals surface area contributed by atoms with Gasteiger partial charge in [0.2, 0.25) is 0 Å². The van der Waals surface area contributed by atoms with E-state index in [4.69, 9.17) is 0 Å². The Morgan fingerprint density at radius 2 is 2.00 bits per heavy atom. The summed E-state index contributed by atoms with van der Waals surface area (Å²) in [5.74, 6) is 1.70. The molecular formula is C19H30N2. The van der Waals surface area contributed by atoms with Gasteiger partial charge in [-0.25, -0.2) is 0 Å². The van der Waals surface area contributed by atoms with E-state index < -0.39 is 0 Å². The smallest absolute Gasteiger partial charge is 0.0558 e. The highest BCUT2D eigenvalue weighted by Gasteiger charge is 2.43. The predicted octanol–water partition coefficient (Wildman–Crippen LogP) is 3.63. The van der Waals surface area contributed by atoms with E-state index in [1.165, 1.54) is 37.9 Å². The number of benzene rings is 1. The number of piperazine rings is 1. The van der Waals surface area contributed by atoms with Crippen LogP contribution >= 0.6 is 0 Å². The SMILES string of the molecule is CCC(C)CN1CC(C2CC2)NCC1(C)c1ccccc1. The van der Waals surface area contributed by atoms with Gasteiger partial charge in [-0.2, -0.15) is 0 Å². The minimum atomic E-state index is 0.135. The first-order valence-corrected chi connectivity index (χ1v) is 8.67. The Bertz CT molecular complexity index is 454. The van der Waals surface area contributed by atoms with E-state index in [-0.39, 0.29) is 5.54 Å². The first-order valence-electron chi connectivity index (χ1n) is 8.67. The molecule has 0 radical (unpaired) electrons. The Morgan fingerprint density at radius 1 is 1.29 bits per heavy atom. The van der Waals surface area contributed by atoms with Gasteiger partial charge in [-0.05, 0) is 37.2 Å². The molecule has 2 fully saturated rings. The van der Waals surface area contributed by atoms with E-state index in [0.29, 0.717) is 6.04 Å². The zero-order valence-corrected chi connectivity index (χ0v) is 13.8. The molecule has 1 aliphatic carbocycles. The van der Waals surface area contributed by atoms with Gasteiger partial charge in [0, 0.05) is 25.7 Å². The largest absolute Gasteiger partial charge is 0.310 e. The van der Waals surface area contributed by atoms with E-state index in [2.05, 4.69) is 61.3 Å². The average Bonchev–Trinajstić information content (AvgIpc) is 3.35. The molecule has 1 aromatic carbocycles. The number of nitrogens with zero attached hydrogens (tertiary/aromatic N) is 1. The second kappa shape index (κ2) is 6.10. The molecule has 1 N–H and O–H groups in total. The van der Waals surface area contributed by atoms with Crippen molar-refractivity contribution < 1.29 is 0 Å². The summed E-state index contributed by atoms with van der Waals surface area (Å²) < 4.78 is 0. The molecular weight excluding hydrogens is 256 g/mol. The number of rotatable bonds is 5. The third kappa shape index (κ3) is 3.17. The third-order valence-corrected chi connectivity index (χ3v) is 5.64. The molecule has 3 rings (SSSR count). The van der Waals surface area contributed by atoms with E-state index in [1.54, 1.807) is 0 Å².